The van der Waals surface area contributed by atoms with Crippen molar-refractivity contribution in [3.05, 3.63) is 35.9 Å². The predicted octanol–water partition coefficient (Wildman–Crippen LogP) is 4.21. The van der Waals surface area contributed by atoms with Crippen LogP contribution in [0.3, 0.4) is 0 Å². The molecule has 0 bridgehead atoms. The third-order valence-electron chi connectivity index (χ3n) is 3.37. The highest BCUT2D eigenvalue weighted by molar-refractivity contribution is 7.54. The van der Waals surface area contributed by atoms with Crippen LogP contribution in [0, 0.1) is 0 Å². The van der Waals surface area contributed by atoms with E-state index >= 15 is 0 Å². The second kappa shape index (κ2) is 10.1. The van der Waals surface area contributed by atoms with Crippen molar-refractivity contribution in [3.63, 3.8) is 0 Å². The van der Waals surface area contributed by atoms with E-state index in [-0.39, 0.29) is 5.78 Å². The second-order valence-corrected chi connectivity index (χ2v) is 7.13. The van der Waals surface area contributed by atoms with Gasteiger partial charge in [0.15, 0.2) is 0 Å². The predicted molar refractivity (Wildman–Crippen MR) is 87.7 cm³/mol. The Kier molecular flexibility index (Phi) is 8.86. The van der Waals surface area contributed by atoms with Crippen molar-refractivity contribution in [2.45, 2.75) is 45.3 Å². The van der Waals surface area contributed by atoms with E-state index in [2.05, 4.69) is 29.6 Å². The van der Waals surface area contributed by atoms with E-state index in [1.807, 2.05) is 27.0 Å². The maximum Gasteiger partial charge on any atom is 0.347 e. The summed E-state index contributed by atoms with van der Waals surface area (Å²) >= 11 is 0. The lowest BCUT2D eigenvalue weighted by molar-refractivity contribution is 0.206. The van der Waals surface area contributed by atoms with Crippen LogP contribution in [-0.2, 0) is 20.0 Å². The molecule has 0 saturated heterocycles. The molecule has 5 heteroatoms. The molecule has 1 aromatic rings. The molecule has 21 heavy (non-hydrogen) atoms. The number of hydrogen-bond donors (Lipinski definition) is 1. The quantitative estimate of drug-likeness (QED) is 0.491. The lowest BCUT2D eigenvalue weighted by Crippen LogP contribution is -2.27. The average molecular weight is 313 g/mol. The molecule has 0 radical (unpaired) electrons. The van der Waals surface area contributed by atoms with Crippen molar-refractivity contribution in [1.29, 1.82) is 0 Å². The largest absolute Gasteiger partial charge is 0.347 e. The van der Waals surface area contributed by atoms with Gasteiger partial charge >= 0.3 is 7.60 Å². The van der Waals surface area contributed by atoms with Gasteiger partial charge in [0.1, 0.15) is 5.78 Å². The zero-order valence-electron chi connectivity index (χ0n) is 13.4. The second-order valence-electron chi connectivity index (χ2n) is 4.91. The van der Waals surface area contributed by atoms with Crippen molar-refractivity contribution < 1.29 is 13.6 Å². The molecule has 1 atom stereocenters. The summed E-state index contributed by atoms with van der Waals surface area (Å²) in [5.41, 5.74) is 1.34. The SMILES string of the molecule is CCOP(=O)(OCC)C(CCCCc1ccccc1)NC. The Balaban J connectivity index is 2.44. The third-order valence-corrected chi connectivity index (χ3v) is 5.88. The lowest BCUT2D eigenvalue weighted by atomic mass is 10.1. The number of benzene rings is 1. The third kappa shape index (κ3) is 6.31. The first-order valence-electron chi connectivity index (χ1n) is 7.76. The summed E-state index contributed by atoms with van der Waals surface area (Å²) in [6, 6.07) is 10.4. The highest BCUT2D eigenvalue weighted by Crippen LogP contribution is 2.53. The van der Waals surface area contributed by atoms with Crippen LogP contribution in [0.25, 0.3) is 0 Å². The lowest BCUT2D eigenvalue weighted by Gasteiger charge is -2.25. The maximum atomic E-state index is 12.7. The minimum Gasteiger partial charge on any atom is -0.308 e. The Labute approximate surface area is 128 Å². The standard InChI is InChI=1S/C16H28NO3P/c1-4-19-21(18,20-5-2)16(17-3)14-10-9-13-15-11-7-6-8-12-15/h6-8,11-12,16-17H,4-5,9-10,13-14H2,1-3H3. The smallest absolute Gasteiger partial charge is 0.308 e. The van der Waals surface area contributed by atoms with Gasteiger partial charge in [-0.15, -0.1) is 0 Å². The highest BCUT2D eigenvalue weighted by Gasteiger charge is 2.33. The summed E-state index contributed by atoms with van der Waals surface area (Å²) in [5.74, 6) is -0.229. The fourth-order valence-corrected chi connectivity index (χ4v) is 4.32. The molecular weight excluding hydrogens is 285 g/mol. The van der Waals surface area contributed by atoms with Gasteiger partial charge in [-0.1, -0.05) is 36.8 Å². The van der Waals surface area contributed by atoms with Gasteiger partial charge in [0, 0.05) is 0 Å². The molecule has 1 unspecified atom stereocenters. The number of unbranched alkanes of at least 4 members (excludes halogenated alkanes) is 1. The molecule has 120 valence electrons. The van der Waals surface area contributed by atoms with Crippen molar-refractivity contribution >= 4 is 7.60 Å². The van der Waals surface area contributed by atoms with E-state index < -0.39 is 7.60 Å². The van der Waals surface area contributed by atoms with Gasteiger partial charge in [0.05, 0.1) is 13.2 Å². The summed E-state index contributed by atoms with van der Waals surface area (Å²) in [6.45, 7) is 4.49. The van der Waals surface area contributed by atoms with E-state index in [1.165, 1.54) is 5.56 Å². The van der Waals surface area contributed by atoms with Crippen molar-refractivity contribution in [3.8, 4) is 0 Å². The van der Waals surface area contributed by atoms with Crippen molar-refractivity contribution in [2.75, 3.05) is 20.3 Å². The molecule has 1 aromatic carbocycles. The molecule has 0 aliphatic rings. The minimum atomic E-state index is -3.05. The van der Waals surface area contributed by atoms with E-state index in [0.29, 0.717) is 13.2 Å². The number of hydrogen-bond acceptors (Lipinski definition) is 4. The van der Waals surface area contributed by atoms with Gasteiger partial charge < -0.3 is 14.4 Å². The Hall–Kier alpha value is -0.670. The van der Waals surface area contributed by atoms with E-state index in [9.17, 15) is 4.57 Å². The Morgan fingerprint density at radius 3 is 2.24 bits per heavy atom. The highest BCUT2D eigenvalue weighted by atomic mass is 31.2. The first kappa shape index (κ1) is 18.4. The van der Waals surface area contributed by atoms with Crippen LogP contribution in [-0.4, -0.2) is 26.0 Å². The fraction of sp³-hybridized carbons (Fsp3) is 0.625. The summed E-state index contributed by atoms with van der Waals surface area (Å²) in [7, 11) is -1.24. The summed E-state index contributed by atoms with van der Waals surface area (Å²) in [5, 5.41) is 3.10. The molecule has 0 aliphatic heterocycles. The van der Waals surface area contributed by atoms with Crippen LogP contribution in [0.1, 0.15) is 38.7 Å². The molecule has 0 saturated carbocycles. The van der Waals surface area contributed by atoms with Crippen LogP contribution in [0.4, 0.5) is 0 Å². The van der Waals surface area contributed by atoms with Gasteiger partial charge in [-0.25, -0.2) is 0 Å². The molecule has 0 heterocycles. The zero-order valence-corrected chi connectivity index (χ0v) is 14.3. The maximum absolute atomic E-state index is 12.7. The van der Waals surface area contributed by atoms with Gasteiger partial charge in [0.2, 0.25) is 0 Å². The van der Waals surface area contributed by atoms with Crippen LogP contribution >= 0.6 is 7.60 Å². The van der Waals surface area contributed by atoms with Gasteiger partial charge in [-0.2, -0.15) is 0 Å². The van der Waals surface area contributed by atoms with Crippen LogP contribution in [0.2, 0.25) is 0 Å². The van der Waals surface area contributed by atoms with Crippen molar-refractivity contribution in [2.24, 2.45) is 0 Å². The first-order valence-corrected chi connectivity index (χ1v) is 9.37. The zero-order chi connectivity index (χ0) is 15.6. The van der Waals surface area contributed by atoms with Gasteiger partial charge in [-0.3, -0.25) is 4.57 Å². The van der Waals surface area contributed by atoms with Crippen LogP contribution in [0.15, 0.2) is 30.3 Å². The molecule has 4 nitrogen and oxygen atoms in total. The van der Waals surface area contributed by atoms with Gasteiger partial charge in [0.25, 0.3) is 0 Å². The average Bonchev–Trinajstić information content (AvgIpc) is 2.48. The monoisotopic (exact) mass is 313 g/mol. The van der Waals surface area contributed by atoms with Crippen LogP contribution < -0.4 is 5.32 Å². The van der Waals surface area contributed by atoms with E-state index in [0.717, 1.165) is 25.7 Å². The topological polar surface area (TPSA) is 47.6 Å². The fourth-order valence-electron chi connectivity index (χ4n) is 2.35. The molecule has 0 amide bonds. The summed E-state index contributed by atoms with van der Waals surface area (Å²) in [4.78, 5) is 0. The molecule has 1 rings (SSSR count). The first-order chi connectivity index (χ1) is 10.2. The number of rotatable bonds is 11. The Morgan fingerprint density at radius 2 is 1.71 bits per heavy atom. The normalized spacial score (nSPS) is 13.3. The Bertz CT molecular complexity index is 415. The van der Waals surface area contributed by atoms with Crippen molar-refractivity contribution in [1.82, 2.24) is 5.32 Å². The molecule has 1 N–H and O–H groups in total. The molecule has 0 fully saturated rings. The molecule has 0 spiro atoms. The number of nitrogens with one attached hydrogen (secondary N) is 1. The number of aryl methyl sites for hydroxylation is 1. The molecule has 0 aromatic heterocycles. The summed E-state index contributed by atoms with van der Waals surface area (Å²) in [6.07, 6.45) is 3.90. The van der Waals surface area contributed by atoms with Crippen LogP contribution in [0.5, 0.6) is 0 Å². The minimum absolute atomic E-state index is 0.229. The summed E-state index contributed by atoms with van der Waals surface area (Å²) < 4.78 is 23.5. The van der Waals surface area contributed by atoms with Gasteiger partial charge in [-0.05, 0) is 45.7 Å². The van der Waals surface area contributed by atoms with E-state index in [4.69, 9.17) is 9.05 Å². The van der Waals surface area contributed by atoms with E-state index in [1.54, 1.807) is 0 Å². The molecular formula is C16H28NO3P. The molecule has 0 aliphatic carbocycles. The Morgan fingerprint density at radius 1 is 1.10 bits per heavy atom.